The summed E-state index contributed by atoms with van der Waals surface area (Å²) in [5, 5.41) is -0.110. The number of benzene rings is 1. The van der Waals surface area contributed by atoms with Crippen LogP contribution in [-0.4, -0.2) is 88.3 Å². The molecule has 2 rings (SSSR count). The minimum Gasteiger partial charge on any atom is -0.469 e. The lowest BCUT2D eigenvalue weighted by Crippen LogP contribution is -2.61. The van der Waals surface area contributed by atoms with Gasteiger partial charge in [0.25, 0.3) is 0 Å². The van der Waals surface area contributed by atoms with E-state index < -0.39 is 50.6 Å². The molecule has 1 aliphatic rings. The van der Waals surface area contributed by atoms with Crippen LogP contribution in [0.3, 0.4) is 0 Å². The molecule has 1 fully saturated rings. The number of methoxy groups -OCH3 is 3. The van der Waals surface area contributed by atoms with Gasteiger partial charge in [0.2, 0.25) is 0 Å². The molecule has 1 aromatic carbocycles. The molecule has 0 unspecified atom stereocenters. The molecule has 1 saturated heterocycles. The van der Waals surface area contributed by atoms with Crippen molar-refractivity contribution in [2.75, 3.05) is 27.1 Å². The summed E-state index contributed by atoms with van der Waals surface area (Å²) in [5.74, 6) is -1.93. The molecule has 1 heterocycles. The van der Waals surface area contributed by atoms with Crippen molar-refractivity contribution in [1.29, 1.82) is 0 Å². The highest BCUT2D eigenvalue weighted by Gasteiger charge is 2.54. The molecule has 282 valence electrons. The van der Waals surface area contributed by atoms with Gasteiger partial charge in [0, 0.05) is 26.1 Å². The number of esters is 1. The van der Waals surface area contributed by atoms with Gasteiger partial charge in [0.05, 0.1) is 48.6 Å². The molecule has 7 atom stereocenters. The van der Waals surface area contributed by atoms with Gasteiger partial charge >= 0.3 is 5.97 Å². The second-order valence-corrected chi connectivity index (χ2v) is 28.2. The van der Waals surface area contributed by atoms with Gasteiger partial charge in [0.1, 0.15) is 0 Å². The largest absolute Gasteiger partial charge is 0.469 e. The van der Waals surface area contributed by atoms with Crippen molar-refractivity contribution in [1.82, 2.24) is 0 Å². The fraction of sp³-hybridized carbons (Fsp3) is 0.757. The normalized spacial score (nSPS) is 25.7. The molecule has 1 aliphatic heterocycles. The molecule has 0 bridgehead atoms. The van der Waals surface area contributed by atoms with Gasteiger partial charge in [-0.1, -0.05) is 79.7 Å². The summed E-state index contributed by atoms with van der Waals surface area (Å²) in [6.07, 6.45) is 2.99. The molecule has 12 heteroatoms. The maximum Gasteiger partial charge on any atom is 0.308 e. The number of carbonyl (C=O) groups is 1. The molecule has 0 N–H and O–H groups in total. The van der Waals surface area contributed by atoms with Crippen LogP contribution in [-0.2, 0) is 42.4 Å². The molecule has 9 nitrogen and oxygen atoms in total. The van der Waals surface area contributed by atoms with Crippen molar-refractivity contribution in [3.05, 3.63) is 42.5 Å². The molecular formula is C37H66O9SSi2. The molecule has 0 amide bonds. The average Bonchev–Trinajstić information content (AvgIpc) is 3.01. The number of hydrogen-bond donors (Lipinski definition) is 0. The number of sulfone groups is 1. The van der Waals surface area contributed by atoms with E-state index in [1.807, 2.05) is 12.2 Å². The van der Waals surface area contributed by atoms with Crippen molar-refractivity contribution in [2.45, 2.75) is 146 Å². The molecular weight excluding hydrogens is 677 g/mol. The van der Waals surface area contributed by atoms with Gasteiger partial charge < -0.3 is 27.8 Å². The standard InChI is InChI=1S/C37H66O9SSi2/c1-27-32(26-33(38)42-10)44-37(43-11,28(2)34(27)46-49(14,15)36(6,7)8)24-19-22-30(41-9)31(45-48(12,13)35(3,4)5)23-25-47(39,40)29-20-17-16-18-21-29/h16-21,24,27-28,30-32,34H,22-23,25-26H2,1-15H3/b24-19+/t27-,28+,30-,31-,32+,34-,37-/m0/s1. The van der Waals surface area contributed by atoms with E-state index in [9.17, 15) is 13.2 Å². The van der Waals surface area contributed by atoms with Crippen LogP contribution in [0.15, 0.2) is 47.4 Å². The second-order valence-electron chi connectivity index (χ2n) is 16.6. The Balaban J connectivity index is 2.48. The fourth-order valence-electron chi connectivity index (χ4n) is 5.70. The Morgan fingerprint density at radius 2 is 1.51 bits per heavy atom. The van der Waals surface area contributed by atoms with Crippen LogP contribution in [0.5, 0.6) is 0 Å². The van der Waals surface area contributed by atoms with Gasteiger partial charge in [-0.2, -0.15) is 0 Å². The van der Waals surface area contributed by atoms with E-state index in [-0.39, 0.29) is 52.6 Å². The zero-order chi connectivity index (χ0) is 37.6. The van der Waals surface area contributed by atoms with Crippen molar-refractivity contribution in [2.24, 2.45) is 11.8 Å². The Kier molecular flexibility index (Phi) is 15.2. The van der Waals surface area contributed by atoms with Crippen LogP contribution in [0.2, 0.25) is 36.3 Å². The highest BCUT2D eigenvalue weighted by molar-refractivity contribution is 7.91. The lowest BCUT2D eigenvalue weighted by atomic mass is 9.79. The van der Waals surface area contributed by atoms with E-state index in [2.05, 4.69) is 81.6 Å². The molecule has 0 aromatic heterocycles. The first kappa shape index (κ1) is 43.8. The Hall–Kier alpha value is -1.39. The minimum absolute atomic E-state index is 0.0208. The van der Waals surface area contributed by atoms with E-state index in [0.717, 1.165) is 0 Å². The van der Waals surface area contributed by atoms with E-state index in [4.69, 9.17) is 27.8 Å². The summed E-state index contributed by atoms with van der Waals surface area (Å²) in [7, 11) is -3.44. The first-order chi connectivity index (χ1) is 22.4. The summed E-state index contributed by atoms with van der Waals surface area (Å²) in [6, 6.07) is 8.53. The van der Waals surface area contributed by atoms with Crippen molar-refractivity contribution < 1.29 is 41.0 Å². The third-order valence-electron chi connectivity index (χ3n) is 11.2. The highest BCUT2D eigenvalue weighted by atomic mass is 32.2. The smallest absolute Gasteiger partial charge is 0.308 e. The number of rotatable bonds is 16. The molecule has 0 saturated carbocycles. The fourth-order valence-corrected chi connectivity index (χ4v) is 9.88. The van der Waals surface area contributed by atoms with Gasteiger partial charge in [-0.3, -0.25) is 4.79 Å². The zero-order valence-electron chi connectivity index (χ0n) is 32.9. The van der Waals surface area contributed by atoms with E-state index in [1.54, 1.807) is 44.6 Å². The predicted molar refractivity (Wildman–Crippen MR) is 201 cm³/mol. The SMILES string of the molecule is COC(=O)C[C@H]1O[C@](/C=C/C[C@H](OC)[C@H](CCS(=O)(=O)c2ccccc2)O[Si](C)(C)C(C)(C)C)(OC)[C@H](C)[C@@H](O[Si](C)(C)C(C)(C)C)[C@H]1C. The molecule has 1 aromatic rings. The number of hydrogen-bond acceptors (Lipinski definition) is 9. The Morgan fingerprint density at radius 3 is 2.00 bits per heavy atom. The molecule has 0 aliphatic carbocycles. The molecule has 0 spiro atoms. The monoisotopic (exact) mass is 742 g/mol. The second kappa shape index (κ2) is 17.0. The zero-order valence-corrected chi connectivity index (χ0v) is 35.7. The summed E-state index contributed by atoms with van der Waals surface area (Å²) in [4.78, 5) is 12.8. The van der Waals surface area contributed by atoms with Crippen molar-refractivity contribution >= 4 is 32.4 Å². The first-order valence-electron chi connectivity index (χ1n) is 17.5. The van der Waals surface area contributed by atoms with E-state index in [1.165, 1.54) is 7.11 Å². The van der Waals surface area contributed by atoms with Crippen molar-refractivity contribution in [3.8, 4) is 0 Å². The minimum atomic E-state index is -3.53. The van der Waals surface area contributed by atoms with Crippen LogP contribution in [0.1, 0.15) is 74.7 Å². The quantitative estimate of drug-likeness (QED) is 0.0942. The first-order valence-corrected chi connectivity index (χ1v) is 25.0. The van der Waals surface area contributed by atoms with E-state index >= 15 is 0 Å². The summed E-state index contributed by atoms with van der Waals surface area (Å²) >= 11 is 0. The number of ether oxygens (including phenoxy) is 4. The lowest BCUT2D eigenvalue weighted by molar-refractivity contribution is -0.299. The summed E-state index contributed by atoms with van der Waals surface area (Å²) < 4.78 is 64.5. The van der Waals surface area contributed by atoms with Gasteiger partial charge in [-0.05, 0) is 67.3 Å². The maximum atomic E-state index is 13.3. The molecule has 0 radical (unpaired) electrons. The van der Waals surface area contributed by atoms with E-state index in [0.29, 0.717) is 11.3 Å². The Labute approximate surface area is 300 Å². The summed E-state index contributed by atoms with van der Waals surface area (Å²) in [6.45, 7) is 26.0. The van der Waals surface area contributed by atoms with Crippen LogP contribution in [0, 0.1) is 11.8 Å². The third-order valence-corrected chi connectivity index (χ3v) is 21.9. The van der Waals surface area contributed by atoms with Gasteiger partial charge in [-0.15, -0.1) is 0 Å². The highest BCUT2D eigenvalue weighted by Crippen LogP contribution is 2.46. The Morgan fingerprint density at radius 1 is 0.939 bits per heavy atom. The van der Waals surface area contributed by atoms with Crippen LogP contribution < -0.4 is 0 Å². The predicted octanol–water partition coefficient (Wildman–Crippen LogP) is 8.17. The van der Waals surface area contributed by atoms with Gasteiger partial charge in [-0.25, -0.2) is 8.42 Å². The third kappa shape index (κ3) is 11.1. The van der Waals surface area contributed by atoms with Crippen LogP contribution in [0.25, 0.3) is 0 Å². The van der Waals surface area contributed by atoms with Crippen molar-refractivity contribution in [3.63, 3.8) is 0 Å². The summed E-state index contributed by atoms with van der Waals surface area (Å²) in [5.41, 5.74) is 0. The topological polar surface area (TPSA) is 107 Å². The average molecular weight is 743 g/mol. The molecule has 49 heavy (non-hydrogen) atoms. The number of carbonyl (C=O) groups excluding carboxylic acids is 1. The van der Waals surface area contributed by atoms with Gasteiger partial charge in [0.15, 0.2) is 32.3 Å². The van der Waals surface area contributed by atoms with Crippen LogP contribution in [0.4, 0.5) is 0 Å². The lowest BCUT2D eigenvalue weighted by Gasteiger charge is -2.53. The maximum absolute atomic E-state index is 13.3. The Bertz CT molecular complexity index is 1340. The van der Waals surface area contributed by atoms with Crippen LogP contribution >= 0.6 is 0 Å².